The summed E-state index contributed by atoms with van der Waals surface area (Å²) in [6.07, 6.45) is 0. The van der Waals surface area contributed by atoms with Gasteiger partial charge >= 0.3 is 0 Å². The van der Waals surface area contributed by atoms with Gasteiger partial charge in [0.15, 0.2) is 5.00 Å². The van der Waals surface area contributed by atoms with E-state index in [2.05, 4.69) is 59.0 Å². The van der Waals surface area contributed by atoms with Crippen LogP contribution in [0.5, 0.6) is 0 Å². The number of ether oxygens (including phenoxy) is 4. The number of nitrogens with zero attached hydrogens (tertiary/aromatic N) is 6. The van der Waals surface area contributed by atoms with Crippen LogP contribution in [0.2, 0.25) is 0 Å². The average Bonchev–Trinajstić information content (AvgIpc) is 3.30. The molecule has 0 amide bonds. The summed E-state index contributed by atoms with van der Waals surface area (Å²) in [6.45, 7) is 19.5. The maximum atomic E-state index is 9.41. The van der Waals surface area contributed by atoms with Crippen LogP contribution in [-0.2, 0) is 18.9 Å². The Morgan fingerprint density at radius 2 is 1.34 bits per heavy atom. The van der Waals surface area contributed by atoms with Gasteiger partial charge in [0.1, 0.15) is 17.0 Å². The van der Waals surface area contributed by atoms with Crippen LogP contribution in [0.4, 0.5) is 16.4 Å². The molecule has 0 atom stereocenters. The molecule has 224 valence electrons. The van der Waals surface area contributed by atoms with Crippen LogP contribution >= 0.6 is 11.3 Å². The zero-order valence-electron chi connectivity index (χ0n) is 25.1. The number of azo groups is 1. The average molecular weight is 585 g/mol. The van der Waals surface area contributed by atoms with Gasteiger partial charge in [-0.15, -0.1) is 21.6 Å². The van der Waals surface area contributed by atoms with Crippen LogP contribution in [0.1, 0.15) is 42.3 Å². The highest BCUT2D eigenvalue weighted by atomic mass is 32.1. The summed E-state index contributed by atoms with van der Waals surface area (Å²) in [4.78, 5) is 5.06. The molecular weight excluding hydrogens is 540 g/mol. The number of anilines is 1. The van der Waals surface area contributed by atoms with Gasteiger partial charge in [-0.3, -0.25) is 0 Å². The van der Waals surface area contributed by atoms with Crippen molar-refractivity contribution >= 4 is 27.7 Å². The predicted molar refractivity (Wildman–Crippen MR) is 163 cm³/mol. The molecule has 1 aromatic carbocycles. The van der Waals surface area contributed by atoms with E-state index in [4.69, 9.17) is 18.9 Å². The van der Waals surface area contributed by atoms with Gasteiger partial charge in [-0.1, -0.05) is 13.8 Å². The smallest absolute Gasteiger partial charge is 0.158 e. The Balaban J connectivity index is 1.63. The fourth-order valence-corrected chi connectivity index (χ4v) is 4.87. The van der Waals surface area contributed by atoms with E-state index < -0.39 is 0 Å². The summed E-state index contributed by atoms with van der Waals surface area (Å²) < 4.78 is 22.5. The van der Waals surface area contributed by atoms with E-state index in [0.29, 0.717) is 67.3 Å². The second-order valence-corrected chi connectivity index (χ2v) is 10.2. The second kappa shape index (κ2) is 20.1. The summed E-state index contributed by atoms with van der Waals surface area (Å²) in [5.74, 6) is 0. The molecule has 0 aliphatic rings. The maximum absolute atomic E-state index is 9.41. The van der Waals surface area contributed by atoms with E-state index in [-0.39, 0.29) is 0 Å². The van der Waals surface area contributed by atoms with Crippen molar-refractivity contribution in [2.75, 3.05) is 90.5 Å². The highest BCUT2D eigenvalue weighted by Crippen LogP contribution is 2.36. The summed E-state index contributed by atoms with van der Waals surface area (Å²) in [5, 5.41) is 27.7. The maximum Gasteiger partial charge on any atom is 0.158 e. The Hall–Kier alpha value is -2.90. The van der Waals surface area contributed by atoms with Gasteiger partial charge in [-0.05, 0) is 63.2 Å². The van der Waals surface area contributed by atoms with E-state index in [9.17, 15) is 10.5 Å². The van der Waals surface area contributed by atoms with Crippen LogP contribution in [-0.4, -0.2) is 90.5 Å². The van der Waals surface area contributed by atoms with Crippen molar-refractivity contribution in [2.24, 2.45) is 10.2 Å². The van der Waals surface area contributed by atoms with E-state index in [1.165, 1.54) is 11.3 Å². The first kappa shape index (κ1) is 34.3. The first-order valence-corrected chi connectivity index (χ1v) is 15.0. The van der Waals surface area contributed by atoms with Crippen LogP contribution in [0.15, 0.2) is 28.4 Å². The molecule has 0 unspecified atom stereocenters. The number of rotatable bonds is 21. The van der Waals surface area contributed by atoms with Gasteiger partial charge in [0, 0.05) is 25.3 Å². The number of nitriles is 2. The van der Waals surface area contributed by atoms with E-state index in [0.717, 1.165) is 56.3 Å². The fourth-order valence-electron chi connectivity index (χ4n) is 3.99. The van der Waals surface area contributed by atoms with Gasteiger partial charge in [-0.25, -0.2) is 0 Å². The molecule has 0 aliphatic carbocycles. The van der Waals surface area contributed by atoms with Crippen LogP contribution < -0.4 is 4.90 Å². The third-order valence-corrected chi connectivity index (χ3v) is 7.67. The van der Waals surface area contributed by atoms with Crippen LogP contribution in [0.25, 0.3) is 0 Å². The van der Waals surface area contributed by atoms with Crippen molar-refractivity contribution in [1.82, 2.24) is 4.90 Å². The minimum atomic E-state index is 0.405. The van der Waals surface area contributed by atoms with Crippen LogP contribution in [0.3, 0.4) is 0 Å². The van der Waals surface area contributed by atoms with Crippen molar-refractivity contribution in [3.05, 3.63) is 39.8 Å². The molecule has 0 bridgehead atoms. The molecule has 0 fully saturated rings. The highest BCUT2D eigenvalue weighted by molar-refractivity contribution is 7.16. The summed E-state index contributed by atoms with van der Waals surface area (Å²) >= 11 is 1.18. The lowest BCUT2D eigenvalue weighted by molar-refractivity contribution is -0.00299. The van der Waals surface area contributed by atoms with Gasteiger partial charge in [-0.2, -0.15) is 10.5 Å². The first-order chi connectivity index (χ1) is 20.0. The number of aryl methyl sites for hydroxylation is 1. The molecule has 0 radical (unpaired) electrons. The third kappa shape index (κ3) is 11.9. The molecule has 2 rings (SSSR count). The summed E-state index contributed by atoms with van der Waals surface area (Å²) in [7, 11) is 0. The SMILES string of the molecule is CCN(CC)CCOCCOCCOCCOCCN(CC)c1ccc(/N=N/c2sc(C#N)c(C)c2C#N)c(C)c1. The van der Waals surface area contributed by atoms with Crippen LogP contribution in [0, 0.1) is 36.5 Å². The van der Waals surface area contributed by atoms with Gasteiger partial charge in [0.2, 0.25) is 0 Å². The molecule has 0 spiro atoms. The zero-order valence-corrected chi connectivity index (χ0v) is 26.0. The largest absolute Gasteiger partial charge is 0.378 e. The minimum absolute atomic E-state index is 0.405. The standard InChI is InChI=1S/C30H44N6O4S/c1-6-35(7-2)11-13-37-15-17-39-19-20-40-18-16-38-14-12-36(8-3)26-9-10-28(24(4)21-26)33-34-30-27(22-31)25(5)29(23-32)41-30/h9-10,21H,6-8,11-20H2,1-5H3/b34-33+. The van der Waals surface area contributed by atoms with E-state index in [1.807, 2.05) is 19.1 Å². The van der Waals surface area contributed by atoms with Crippen molar-refractivity contribution in [3.8, 4) is 12.1 Å². The molecule has 0 saturated heterocycles. The fraction of sp³-hybridized carbons (Fsp3) is 0.600. The summed E-state index contributed by atoms with van der Waals surface area (Å²) in [6, 6.07) is 10.2. The Bertz CT molecular complexity index is 1150. The molecule has 0 aliphatic heterocycles. The van der Waals surface area contributed by atoms with Gasteiger partial charge < -0.3 is 28.7 Å². The molecule has 1 heterocycles. The number of likely N-dealkylation sites (N-methyl/N-ethyl adjacent to an activating group) is 2. The molecule has 2 aromatic rings. The molecule has 0 saturated carbocycles. The van der Waals surface area contributed by atoms with Crippen molar-refractivity contribution in [1.29, 1.82) is 10.5 Å². The van der Waals surface area contributed by atoms with Gasteiger partial charge in [0.05, 0.1) is 64.1 Å². The predicted octanol–water partition coefficient (Wildman–Crippen LogP) is 5.76. The number of benzene rings is 1. The Morgan fingerprint density at radius 3 is 1.85 bits per heavy atom. The topological polar surface area (TPSA) is 116 Å². The Morgan fingerprint density at radius 1 is 0.756 bits per heavy atom. The number of thiophene rings is 1. The van der Waals surface area contributed by atoms with Crippen molar-refractivity contribution < 1.29 is 18.9 Å². The molecule has 1 aromatic heterocycles. The molecule has 0 N–H and O–H groups in total. The number of hydrogen-bond acceptors (Lipinski definition) is 11. The van der Waals surface area contributed by atoms with E-state index >= 15 is 0 Å². The molecule has 10 nitrogen and oxygen atoms in total. The van der Waals surface area contributed by atoms with Crippen molar-refractivity contribution in [3.63, 3.8) is 0 Å². The minimum Gasteiger partial charge on any atom is -0.378 e. The summed E-state index contributed by atoms with van der Waals surface area (Å²) in [5.41, 5.74) is 3.83. The quantitative estimate of drug-likeness (QED) is 0.134. The molecule has 11 heteroatoms. The van der Waals surface area contributed by atoms with Crippen molar-refractivity contribution in [2.45, 2.75) is 34.6 Å². The molecular formula is C30H44N6O4S. The zero-order chi connectivity index (χ0) is 29.9. The Labute approximate surface area is 249 Å². The highest BCUT2D eigenvalue weighted by Gasteiger charge is 2.14. The number of hydrogen-bond donors (Lipinski definition) is 0. The molecule has 41 heavy (non-hydrogen) atoms. The lowest BCUT2D eigenvalue weighted by Crippen LogP contribution is -2.27. The third-order valence-electron chi connectivity index (χ3n) is 6.59. The van der Waals surface area contributed by atoms with Gasteiger partial charge in [0.25, 0.3) is 0 Å². The lowest BCUT2D eigenvalue weighted by atomic mass is 10.1. The lowest BCUT2D eigenvalue weighted by Gasteiger charge is -2.23. The normalized spacial score (nSPS) is 11.3. The first-order valence-electron chi connectivity index (χ1n) is 14.2. The Kier molecular flexibility index (Phi) is 16.8. The van der Waals surface area contributed by atoms with E-state index in [1.54, 1.807) is 6.92 Å². The second-order valence-electron chi connectivity index (χ2n) is 9.19. The monoisotopic (exact) mass is 584 g/mol.